The fraction of sp³-hybridized carbons (Fsp3) is 0. The highest BCUT2D eigenvalue weighted by atomic mass is 79.9. The van der Waals surface area contributed by atoms with Gasteiger partial charge in [0.25, 0.3) is 0 Å². The topological polar surface area (TPSA) is 3.24 Å². The van der Waals surface area contributed by atoms with Crippen molar-refractivity contribution >= 4 is 77.0 Å². The van der Waals surface area contributed by atoms with Crippen molar-refractivity contribution < 1.29 is 0 Å². The SMILES string of the molecule is Brc1ccc(C=Cc2ccc(N(c3ccc(Br)cc3)c3ccc(Br)cc3)cc2)cc1. The minimum Gasteiger partial charge on any atom is -0.311 e. The summed E-state index contributed by atoms with van der Waals surface area (Å²) in [6.45, 7) is 0. The van der Waals surface area contributed by atoms with E-state index < -0.39 is 0 Å². The lowest BCUT2D eigenvalue weighted by molar-refractivity contribution is 1.28. The molecule has 0 amide bonds. The molecule has 4 aromatic rings. The summed E-state index contributed by atoms with van der Waals surface area (Å²) in [6, 6.07) is 33.6. The third-order valence-electron chi connectivity index (χ3n) is 4.66. The number of hydrogen-bond donors (Lipinski definition) is 0. The summed E-state index contributed by atoms with van der Waals surface area (Å²) < 4.78 is 3.22. The van der Waals surface area contributed by atoms with E-state index >= 15 is 0 Å². The summed E-state index contributed by atoms with van der Waals surface area (Å²) in [4.78, 5) is 2.25. The highest BCUT2D eigenvalue weighted by Gasteiger charge is 2.12. The Balaban J connectivity index is 1.64. The van der Waals surface area contributed by atoms with Crippen molar-refractivity contribution in [1.29, 1.82) is 0 Å². The second kappa shape index (κ2) is 9.78. The molecular weight excluding hydrogens is 566 g/mol. The smallest absolute Gasteiger partial charge is 0.0462 e. The Labute approximate surface area is 202 Å². The molecule has 0 aliphatic rings. The summed E-state index contributed by atoms with van der Waals surface area (Å²) in [5.41, 5.74) is 5.67. The Morgan fingerprint density at radius 3 is 1.03 bits per heavy atom. The molecule has 30 heavy (non-hydrogen) atoms. The van der Waals surface area contributed by atoms with Gasteiger partial charge < -0.3 is 4.90 Å². The van der Waals surface area contributed by atoms with Crippen LogP contribution in [0.2, 0.25) is 0 Å². The second-order valence-corrected chi connectivity index (χ2v) is 9.51. The van der Waals surface area contributed by atoms with Crippen LogP contribution in [0.3, 0.4) is 0 Å². The zero-order valence-electron chi connectivity index (χ0n) is 16.0. The van der Waals surface area contributed by atoms with Crippen molar-refractivity contribution in [3.8, 4) is 0 Å². The molecule has 0 aliphatic heterocycles. The van der Waals surface area contributed by atoms with Gasteiger partial charge in [-0.1, -0.05) is 84.2 Å². The maximum Gasteiger partial charge on any atom is 0.0462 e. The average Bonchev–Trinajstić information content (AvgIpc) is 2.77. The van der Waals surface area contributed by atoms with E-state index in [1.165, 1.54) is 5.56 Å². The van der Waals surface area contributed by atoms with Crippen molar-refractivity contribution in [1.82, 2.24) is 0 Å². The van der Waals surface area contributed by atoms with Crippen molar-refractivity contribution in [3.05, 3.63) is 122 Å². The quantitative estimate of drug-likeness (QED) is 0.211. The number of halogens is 3. The van der Waals surface area contributed by atoms with E-state index in [-0.39, 0.29) is 0 Å². The lowest BCUT2D eigenvalue weighted by Crippen LogP contribution is -2.09. The third-order valence-corrected chi connectivity index (χ3v) is 6.25. The van der Waals surface area contributed by atoms with Crippen molar-refractivity contribution in [2.45, 2.75) is 0 Å². The summed E-state index contributed by atoms with van der Waals surface area (Å²) in [7, 11) is 0. The average molecular weight is 584 g/mol. The number of anilines is 3. The van der Waals surface area contributed by atoms with E-state index in [4.69, 9.17) is 0 Å². The molecule has 0 fully saturated rings. The predicted octanol–water partition coefficient (Wildman–Crippen LogP) is 9.61. The van der Waals surface area contributed by atoms with Crippen LogP contribution in [0.15, 0.2) is 110 Å². The van der Waals surface area contributed by atoms with Crippen LogP contribution >= 0.6 is 47.8 Å². The molecule has 0 atom stereocenters. The zero-order chi connectivity index (χ0) is 20.9. The van der Waals surface area contributed by atoms with Crippen LogP contribution in [0, 0.1) is 0 Å². The van der Waals surface area contributed by atoms with Crippen molar-refractivity contribution in [2.24, 2.45) is 0 Å². The maximum absolute atomic E-state index is 3.53. The second-order valence-electron chi connectivity index (χ2n) is 6.76. The molecular formula is C26H18Br3N. The number of hydrogen-bond acceptors (Lipinski definition) is 1. The van der Waals surface area contributed by atoms with Crippen LogP contribution in [-0.2, 0) is 0 Å². The molecule has 4 rings (SSSR count). The molecule has 0 aromatic heterocycles. The van der Waals surface area contributed by atoms with Gasteiger partial charge in [0.05, 0.1) is 0 Å². The van der Waals surface area contributed by atoms with Crippen LogP contribution in [0.1, 0.15) is 11.1 Å². The minimum absolute atomic E-state index is 1.07. The van der Waals surface area contributed by atoms with E-state index in [0.717, 1.165) is 36.0 Å². The molecule has 4 heteroatoms. The first kappa shape index (κ1) is 21.1. The highest BCUT2D eigenvalue weighted by molar-refractivity contribution is 9.11. The van der Waals surface area contributed by atoms with E-state index in [1.54, 1.807) is 0 Å². The van der Waals surface area contributed by atoms with Gasteiger partial charge in [0, 0.05) is 30.5 Å². The number of nitrogens with zero attached hydrogens (tertiary/aromatic N) is 1. The van der Waals surface area contributed by atoms with Gasteiger partial charge in [-0.15, -0.1) is 0 Å². The Morgan fingerprint density at radius 1 is 0.400 bits per heavy atom. The fourth-order valence-electron chi connectivity index (χ4n) is 3.13. The predicted molar refractivity (Wildman–Crippen MR) is 140 cm³/mol. The summed E-state index contributed by atoms with van der Waals surface area (Å²) in [6.07, 6.45) is 4.26. The summed E-state index contributed by atoms with van der Waals surface area (Å²) in [5, 5.41) is 0. The van der Waals surface area contributed by atoms with Crippen molar-refractivity contribution in [3.63, 3.8) is 0 Å². The maximum atomic E-state index is 3.53. The third kappa shape index (κ3) is 5.31. The van der Waals surface area contributed by atoms with Crippen molar-refractivity contribution in [2.75, 3.05) is 4.90 Å². The fourth-order valence-corrected chi connectivity index (χ4v) is 3.92. The van der Waals surface area contributed by atoms with Crippen LogP contribution < -0.4 is 4.90 Å². The number of benzene rings is 4. The Kier molecular flexibility index (Phi) is 6.88. The van der Waals surface area contributed by atoms with E-state index in [2.05, 4.69) is 162 Å². The Morgan fingerprint density at radius 2 is 0.667 bits per heavy atom. The minimum atomic E-state index is 1.07. The van der Waals surface area contributed by atoms with Crippen LogP contribution in [-0.4, -0.2) is 0 Å². The van der Waals surface area contributed by atoms with E-state index in [9.17, 15) is 0 Å². The largest absolute Gasteiger partial charge is 0.311 e. The summed E-state index contributed by atoms with van der Waals surface area (Å²) >= 11 is 10.5. The lowest BCUT2D eigenvalue weighted by Gasteiger charge is -2.25. The Bertz CT molecular complexity index is 1090. The molecule has 0 N–H and O–H groups in total. The first-order chi connectivity index (χ1) is 14.6. The molecule has 0 aliphatic carbocycles. The van der Waals surface area contributed by atoms with E-state index in [0.29, 0.717) is 0 Å². The Hall–Kier alpha value is -2.14. The van der Waals surface area contributed by atoms with Gasteiger partial charge >= 0.3 is 0 Å². The van der Waals surface area contributed by atoms with Gasteiger partial charge in [0.15, 0.2) is 0 Å². The van der Waals surface area contributed by atoms with Crippen LogP contribution in [0.4, 0.5) is 17.1 Å². The molecule has 0 unspecified atom stereocenters. The van der Waals surface area contributed by atoms with Gasteiger partial charge in [0.2, 0.25) is 0 Å². The molecule has 1 nitrogen and oxygen atoms in total. The molecule has 0 heterocycles. The van der Waals surface area contributed by atoms with E-state index in [1.807, 2.05) is 0 Å². The monoisotopic (exact) mass is 581 g/mol. The molecule has 148 valence electrons. The zero-order valence-corrected chi connectivity index (χ0v) is 20.7. The van der Waals surface area contributed by atoms with Crippen LogP contribution in [0.5, 0.6) is 0 Å². The van der Waals surface area contributed by atoms with Gasteiger partial charge in [-0.2, -0.15) is 0 Å². The molecule has 0 spiro atoms. The lowest BCUT2D eigenvalue weighted by atomic mass is 10.1. The van der Waals surface area contributed by atoms with Gasteiger partial charge in [0.1, 0.15) is 0 Å². The first-order valence-corrected chi connectivity index (χ1v) is 11.8. The molecule has 4 aromatic carbocycles. The molecule has 0 saturated heterocycles. The normalized spacial score (nSPS) is 11.0. The van der Waals surface area contributed by atoms with Gasteiger partial charge in [-0.3, -0.25) is 0 Å². The standard InChI is InChI=1S/C26H18Br3N/c27-21-7-3-19(4-8-21)1-2-20-5-13-24(14-6-20)30(25-15-9-22(28)10-16-25)26-17-11-23(29)12-18-26/h1-18H. The first-order valence-electron chi connectivity index (χ1n) is 9.43. The number of rotatable bonds is 5. The van der Waals surface area contributed by atoms with Gasteiger partial charge in [-0.25, -0.2) is 0 Å². The molecule has 0 saturated carbocycles. The molecule has 0 bridgehead atoms. The van der Waals surface area contributed by atoms with Crippen LogP contribution in [0.25, 0.3) is 12.2 Å². The molecule has 0 radical (unpaired) electrons. The summed E-state index contributed by atoms with van der Waals surface area (Å²) in [5.74, 6) is 0. The van der Waals surface area contributed by atoms with Gasteiger partial charge in [-0.05, 0) is 83.9 Å². The highest BCUT2D eigenvalue weighted by Crippen LogP contribution is 2.35.